The van der Waals surface area contributed by atoms with E-state index in [1.807, 2.05) is 0 Å². The maximum absolute atomic E-state index is 8.88. The second-order valence-corrected chi connectivity index (χ2v) is 2.36. The van der Waals surface area contributed by atoms with Crippen LogP contribution in [-0.4, -0.2) is 5.11 Å². The molecule has 0 aliphatic heterocycles. The van der Waals surface area contributed by atoms with Crippen molar-refractivity contribution in [1.29, 1.82) is 0 Å². The largest absolute Gasteiger partial charge is 0.506 e. The van der Waals surface area contributed by atoms with Gasteiger partial charge in [0.15, 0.2) is 0 Å². The van der Waals surface area contributed by atoms with Gasteiger partial charge in [-0.3, -0.25) is 0 Å². The third-order valence-corrected chi connectivity index (χ3v) is 1.74. The maximum Gasteiger partial charge on any atom is 0.135 e. The first-order valence-electron chi connectivity index (χ1n) is 2.35. The van der Waals surface area contributed by atoms with E-state index < -0.39 is 0 Å². The molecule has 0 aliphatic rings. The Labute approximate surface area is 88.1 Å². The van der Waals surface area contributed by atoms with Gasteiger partial charge in [0.1, 0.15) is 10.8 Å². The smallest absolute Gasteiger partial charge is 0.135 e. The Balaban J connectivity index is 0.000000810. The van der Waals surface area contributed by atoms with Gasteiger partial charge in [-0.25, -0.2) is 0 Å². The van der Waals surface area contributed by atoms with Crippen molar-refractivity contribution in [2.45, 2.75) is 0 Å². The zero-order valence-electron chi connectivity index (χ0n) is 4.94. The molecule has 0 aromatic heterocycles. The molecule has 0 saturated heterocycles. The standard InChI is InChI=1S/C6H4Cl2O.Zr/c7-4-2-1-3-5(9)6(4)8;/h1-3,9H;. The van der Waals surface area contributed by atoms with Crippen LogP contribution in [0, 0.1) is 0 Å². The molecule has 0 amide bonds. The molecule has 10 heavy (non-hydrogen) atoms. The van der Waals surface area contributed by atoms with Crippen molar-refractivity contribution < 1.29 is 31.3 Å². The number of halogens is 2. The summed E-state index contributed by atoms with van der Waals surface area (Å²) in [5.74, 6) is 0.0177. The van der Waals surface area contributed by atoms with Gasteiger partial charge in [0.25, 0.3) is 0 Å². The fourth-order valence-corrected chi connectivity index (χ4v) is 0.788. The summed E-state index contributed by atoms with van der Waals surface area (Å²) in [5.41, 5.74) is 0. The van der Waals surface area contributed by atoms with Gasteiger partial charge in [-0.15, -0.1) is 0 Å². The van der Waals surface area contributed by atoms with Crippen LogP contribution in [0.5, 0.6) is 5.75 Å². The van der Waals surface area contributed by atoms with Gasteiger partial charge in [-0.1, -0.05) is 29.3 Å². The molecule has 0 radical (unpaired) electrons. The summed E-state index contributed by atoms with van der Waals surface area (Å²) in [6.45, 7) is 0. The fraction of sp³-hybridized carbons (Fsp3) is 0. The quantitative estimate of drug-likeness (QED) is 0.754. The number of phenols is 1. The van der Waals surface area contributed by atoms with E-state index >= 15 is 0 Å². The Hall–Kier alpha value is 0.483. The minimum atomic E-state index is 0. The van der Waals surface area contributed by atoms with Gasteiger partial charge in [0, 0.05) is 26.2 Å². The van der Waals surface area contributed by atoms with E-state index in [1.54, 1.807) is 12.1 Å². The minimum absolute atomic E-state index is 0. The fourth-order valence-electron chi connectivity index (χ4n) is 0.492. The van der Waals surface area contributed by atoms with Crippen LogP contribution in [0.25, 0.3) is 0 Å². The summed E-state index contributed by atoms with van der Waals surface area (Å²) in [6, 6.07) is 4.72. The third kappa shape index (κ3) is 2.26. The monoisotopic (exact) mass is 252 g/mol. The van der Waals surface area contributed by atoms with Gasteiger partial charge >= 0.3 is 0 Å². The SMILES string of the molecule is Oc1cccc(Cl)c1Cl.[Zr]. The molecule has 1 aromatic rings. The van der Waals surface area contributed by atoms with Crippen molar-refractivity contribution in [3.8, 4) is 5.75 Å². The number of hydrogen-bond donors (Lipinski definition) is 1. The Morgan fingerprint density at radius 1 is 1.20 bits per heavy atom. The Bertz CT molecular complexity index is 207. The second-order valence-electron chi connectivity index (χ2n) is 1.57. The van der Waals surface area contributed by atoms with Crippen molar-refractivity contribution in [3.05, 3.63) is 28.2 Å². The van der Waals surface area contributed by atoms with E-state index in [4.69, 9.17) is 28.3 Å². The van der Waals surface area contributed by atoms with Gasteiger partial charge in [0.05, 0.1) is 5.02 Å². The van der Waals surface area contributed by atoms with Crippen molar-refractivity contribution >= 4 is 23.2 Å². The third-order valence-electron chi connectivity index (χ3n) is 0.931. The van der Waals surface area contributed by atoms with Crippen LogP contribution in [0.4, 0.5) is 0 Å². The van der Waals surface area contributed by atoms with Crippen molar-refractivity contribution in [2.75, 3.05) is 0 Å². The molecular formula is C6H4Cl2OZr. The van der Waals surface area contributed by atoms with E-state index in [1.165, 1.54) is 6.07 Å². The zero-order valence-corrected chi connectivity index (χ0v) is 8.91. The van der Waals surface area contributed by atoms with E-state index in [2.05, 4.69) is 0 Å². The number of benzene rings is 1. The predicted octanol–water partition coefficient (Wildman–Crippen LogP) is 2.70. The van der Waals surface area contributed by atoms with Crippen LogP contribution in [0.2, 0.25) is 10.0 Å². The van der Waals surface area contributed by atoms with Crippen molar-refractivity contribution in [1.82, 2.24) is 0 Å². The minimum Gasteiger partial charge on any atom is -0.506 e. The van der Waals surface area contributed by atoms with Gasteiger partial charge in [-0.2, -0.15) is 0 Å². The molecule has 0 saturated carbocycles. The molecule has 0 bridgehead atoms. The summed E-state index contributed by atoms with van der Waals surface area (Å²) in [5, 5.41) is 9.46. The normalized spacial score (nSPS) is 8.60. The summed E-state index contributed by atoms with van der Waals surface area (Å²) >= 11 is 11.0. The molecule has 4 heteroatoms. The first-order valence-corrected chi connectivity index (χ1v) is 3.10. The molecule has 1 nitrogen and oxygen atoms in total. The van der Waals surface area contributed by atoms with Crippen LogP contribution in [0.15, 0.2) is 18.2 Å². The first kappa shape index (κ1) is 10.5. The molecule has 0 unspecified atom stereocenters. The Morgan fingerprint density at radius 3 is 2.20 bits per heavy atom. The van der Waals surface area contributed by atoms with Gasteiger partial charge in [0.2, 0.25) is 0 Å². The molecule has 1 N–H and O–H groups in total. The first-order chi connectivity index (χ1) is 4.22. The summed E-state index contributed by atoms with van der Waals surface area (Å²) in [4.78, 5) is 0. The molecule has 0 heterocycles. The molecule has 1 aromatic carbocycles. The summed E-state index contributed by atoms with van der Waals surface area (Å²) in [7, 11) is 0. The molecule has 0 spiro atoms. The van der Waals surface area contributed by atoms with Crippen LogP contribution in [-0.2, 0) is 26.2 Å². The van der Waals surface area contributed by atoms with Crippen LogP contribution in [0.3, 0.4) is 0 Å². The van der Waals surface area contributed by atoms with Crippen molar-refractivity contribution in [2.24, 2.45) is 0 Å². The Kier molecular flexibility index (Phi) is 4.59. The zero-order chi connectivity index (χ0) is 6.85. The average Bonchev–Trinajstić information content (AvgIpc) is 1.83. The van der Waals surface area contributed by atoms with E-state index in [-0.39, 0.29) is 37.0 Å². The number of rotatable bonds is 0. The van der Waals surface area contributed by atoms with Crippen molar-refractivity contribution in [3.63, 3.8) is 0 Å². The van der Waals surface area contributed by atoms with Crippen LogP contribution in [0.1, 0.15) is 0 Å². The topological polar surface area (TPSA) is 20.2 Å². The van der Waals surface area contributed by atoms with Gasteiger partial charge < -0.3 is 5.11 Å². The van der Waals surface area contributed by atoms with E-state index in [0.717, 1.165) is 0 Å². The number of phenolic OH excluding ortho intramolecular Hbond substituents is 1. The summed E-state index contributed by atoms with van der Waals surface area (Å²) < 4.78 is 0. The predicted molar refractivity (Wildman–Crippen MR) is 38.1 cm³/mol. The molecule has 1 rings (SSSR count). The second kappa shape index (κ2) is 4.38. The molecule has 52 valence electrons. The van der Waals surface area contributed by atoms with E-state index in [0.29, 0.717) is 5.02 Å². The Morgan fingerprint density at radius 2 is 1.80 bits per heavy atom. The summed E-state index contributed by atoms with van der Waals surface area (Å²) in [6.07, 6.45) is 0. The van der Waals surface area contributed by atoms with E-state index in [9.17, 15) is 0 Å². The molecule has 0 fully saturated rings. The maximum atomic E-state index is 8.88. The van der Waals surface area contributed by atoms with Crippen LogP contribution >= 0.6 is 23.2 Å². The van der Waals surface area contributed by atoms with Gasteiger partial charge in [-0.05, 0) is 12.1 Å². The number of aromatic hydroxyl groups is 1. The molecule has 0 atom stereocenters. The molecular weight excluding hydrogens is 250 g/mol. The average molecular weight is 254 g/mol. The number of hydrogen-bond acceptors (Lipinski definition) is 1. The molecule has 0 aliphatic carbocycles. The van der Waals surface area contributed by atoms with Crippen LogP contribution < -0.4 is 0 Å².